The number of hydrogen-bond acceptors (Lipinski definition) is 4. The van der Waals surface area contributed by atoms with Crippen molar-refractivity contribution < 1.29 is 5.11 Å². The van der Waals surface area contributed by atoms with Crippen molar-refractivity contribution in [3.8, 4) is 5.69 Å². The second-order valence-electron chi connectivity index (χ2n) is 4.91. The van der Waals surface area contributed by atoms with Crippen LogP contribution in [0.15, 0.2) is 36.5 Å². The molecule has 19 heavy (non-hydrogen) atoms. The normalized spacial score (nSPS) is 19.9. The largest absolute Gasteiger partial charge is 0.395 e. The van der Waals surface area contributed by atoms with Crippen LogP contribution in [-0.4, -0.2) is 44.2 Å². The number of hydrogen-bond donors (Lipinski definition) is 1. The fraction of sp³-hybridized carbons (Fsp3) is 0.429. The fourth-order valence-corrected chi connectivity index (χ4v) is 2.57. The summed E-state index contributed by atoms with van der Waals surface area (Å²) in [6.45, 7) is 2.02. The molecule has 3 rings (SSSR count). The molecule has 1 aliphatic rings. The Hall–Kier alpha value is -1.72. The Labute approximate surface area is 112 Å². The Morgan fingerprint density at radius 3 is 2.89 bits per heavy atom. The first-order chi connectivity index (χ1) is 9.36. The number of aliphatic hydroxyl groups excluding tert-OH is 1. The van der Waals surface area contributed by atoms with Gasteiger partial charge in [0.1, 0.15) is 0 Å². The molecule has 1 fully saturated rings. The van der Waals surface area contributed by atoms with Crippen LogP contribution in [0.4, 0.5) is 0 Å². The summed E-state index contributed by atoms with van der Waals surface area (Å²) >= 11 is 0. The zero-order chi connectivity index (χ0) is 13.1. The topological polar surface area (TPSA) is 54.2 Å². The summed E-state index contributed by atoms with van der Waals surface area (Å²) in [7, 11) is 0. The van der Waals surface area contributed by atoms with E-state index in [1.165, 1.54) is 0 Å². The van der Waals surface area contributed by atoms with Crippen molar-refractivity contribution in [2.45, 2.75) is 25.4 Å². The van der Waals surface area contributed by atoms with Crippen molar-refractivity contribution in [2.75, 3.05) is 13.2 Å². The van der Waals surface area contributed by atoms with E-state index in [0.29, 0.717) is 0 Å². The Bertz CT molecular complexity index is 525. The molecule has 5 nitrogen and oxygen atoms in total. The van der Waals surface area contributed by atoms with Crippen molar-refractivity contribution in [3.63, 3.8) is 0 Å². The highest BCUT2D eigenvalue weighted by molar-refractivity contribution is 5.28. The van der Waals surface area contributed by atoms with Gasteiger partial charge in [-0.05, 0) is 31.5 Å². The Kier molecular flexibility index (Phi) is 3.57. The van der Waals surface area contributed by atoms with Crippen molar-refractivity contribution in [3.05, 3.63) is 42.2 Å². The second kappa shape index (κ2) is 5.50. The van der Waals surface area contributed by atoms with Gasteiger partial charge in [0.25, 0.3) is 0 Å². The molecular weight excluding hydrogens is 240 g/mol. The van der Waals surface area contributed by atoms with Gasteiger partial charge in [0.15, 0.2) is 0 Å². The summed E-state index contributed by atoms with van der Waals surface area (Å²) in [5.41, 5.74) is 1.91. The van der Waals surface area contributed by atoms with E-state index in [9.17, 15) is 5.11 Å². The molecule has 1 aromatic heterocycles. The Balaban J connectivity index is 1.72. The Morgan fingerprint density at radius 1 is 1.26 bits per heavy atom. The molecule has 1 aliphatic heterocycles. The summed E-state index contributed by atoms with van der Waals surface area (Å²) in [5, 5.41) is 18.1. The first-order valence-corrected chi connectivity index (χ1v) is 6.68. The second-order valence-corrected chi connectivity index (χ2v) is 4.91. The predicted octanol–water partition coefficient (Wildman–Crippen LogP) is 1.22. The summed E-state index contributed by atoms with van der Waals surface area (Å²) in [5.74, 6) is 0. The van der Waals surface area contributed by atoms with E-state index in [4.69, 9.17) is 0 Å². The molecule has 1 atom stereocenters. The van der Waals surface area contributed by atoms with Crippen LogP contribution in [0.3, 0.4) is 0 Å². The van der Waals surface area contributed by atoms with Gasteiger partial charge in [-0.2, -0.15) is 15.0 Å². The van der Waals surface area contributed by atoms with Crippen LogP contribution in [0, 0.1) is 0 Å². The van der Waals surface area contributed by atoms with Gasteiger partial charge in [-0.3, -0.25) is 4.90 Å². The van der Waals surface area contributed by atoms with Gasteiger partial charge < -0.3 is 5.11 Å². The molecule has 2 heterocycles. The van der Waals surface area contributed by atoms with Crippen LogP contribution < -0.4 is 0 Å². The average molecular weight is 258 g/mol. The number of nitrogens with zero attached hydrogens (tertiary/aromatic N) is 4. The molecule has 0 spiro atoms. The molecule has 100 valence electrons. The highest BCUT2D eigenvalue weighted by Crippen LogP contribution is 2.18. The lowest BCUT2D eigenvalue weighted by Crippen LogP contribution is -2.31. The molecule has 0 saturated carbocycles. The number of aliphatic hydroxyl groups is 1. The van der Waals surface area contributed by atoms with E-state index in [0.717, 1.165) is 37.3 Å². The minimum atomic E-state index is 0.229. The van der Waals surface area contributed by atoms with Gasteiger partial charge in [-0.25, -0.2) is 0 Å². The minimum absolute atomic E-state index is 0.229. The lowest BCUT2D eigenvalue weighted by molar-refractivity contribution is 0.152. The predicted molar refractivity (Wildman–Crippen MR) is 71.9 cm³/mol. The average Bonchev–Trinajstić information content (AvgIpc) is 3.09. The first-order valence-electron chi connectivity index (χ1n) is 6.68. The van der Waals surface area contributed by atoms with Crippen molar-refractivity contribution in [2.24, 2.45) is 0 Å². The van der Waals surface area contributed by atoms with E-state index in [1.54, 1.807) is 11.0 Å². The first kappa shape index (κ1) is 12.3. The van der Waals surface area contributed by atoms with E-state index in [-0.39, 0.29) is 12.6 Å². The van der Waals surface area contributed by atoms with E-state index in [1.807, 2.05) is 30.3 Å². The SMILES string of the molecule is OC[C@@H]1CCCN1Cc1cnn(-c2ccccc2)n1. The van der Waals surface area contributed by atoms with Crippen molar-refractivity contribution in [1.82, 2.24) is 19.9 Å². The van der Waals surface area contributed by atoms with Gasteiger partial charge in [-0.15, -0.1) is 0 Å². The summed E-state index contributed by atoms with van der Waals surface area (Å²) < 4.78 is 0. The molecule has 5 heteroatoms. The van der Waals surface area contributed by atoms with Crippen LogP contribution in [0.5, 0.6) is 0 Å². The van der Waals surface area contributed by atoms with Crippen LogP contribution in [0.25, 0.3) is 5.69 Å². The maximum atomic E-state index is 9.31. The molecule has 0 aliphatic carbocycles. The molecule has 0 unspecified atom stereocenters. The molecule has 1 aromatic carbocycles. The third-order valence-electron chi connectivity index (χ3n) is 3.60. The lowest BCUT2D eigenvalue weighted by atomic mass is 10.2. The van der Waals surface area contributed by atoms with E-state index < -0.39 is 0 Å². The summed E-state index contributed by atoms with van der Waals surface area (Å²) in [6.07, 6.45) is 4.03. The number of likely N-dealkylation sites (tertiary alicyclic amines) is 1. The van der Waals surface area contributed by atoms with Crippen LogP contribution in [0.1, 0.15) is 18.5 Å². The van der Waals surface area contributed by atoms with Crippen molar-refractivity contribution >= 4 is 0 Å². The van der Waals surface area contributed by atoms with Crippen molar-refractivity contribution in [1.29, 1.82) is 0 Å². The monoisotopic (exact) mass is 258 g/mol. The number of rotatable bonds is 4. The number of aromatic nitrogens is 3. The van der Waals surface area contributed by atoms with Gasteiger partial charge in [0, 0.05) is 12.6 Å². The highest BCUT2D eigenvalue weighted by Gasteiger charge is 2.24. The molecule has 1 saturated heterocycles. The quantitative estimate of drug-likeness (QED) is 0.896. The van der Waals surface area contributed by atoms with Gasteiger partial charge in [0.2, 0.25) is 0 Å². The third-order valence-corrected chi connectivity index (χ3v) is 3.60. The fourth-order valence-electron chi connectivity index (χ4n) is 2.57. The molecule has 1 N–H and O–H groups in total. The van der Waals surface area contributed by atoms with Gasteiger partial charge in [0.05, 0.1) is 24.2 Å². The van der Waals surface area contributed by atoms with Crippen LogP contribution in [0.2, 0.25) is 0 Å². The van der Waals surface area contributed by atoms with Crippen LogP contribution in [-0.2, 0) is 6.54 Å². The Morgan fingerprint density at radius 2 is 2.11 bits per heavy atom. The lowest BCUT2D eigenvalue weighted by Gasteiger charge is -2.20. The highest BCUT2D eigenvalue weighted by atomic mass is 16.3. The molecule has 0 bridgehead atoms. The standard InChI is InChI=1S/C14H18N4O/c19-11-14-7-4-8-17(14)10-12-9-15-18(16-12)13-5-2-1-3-6-13/h1-3,5-6,9,14,19H,4,7-8,10-11H2/t14-/m0/s1. The summed E-state index contributed by atoms with van der Waals surface area (Å²) in [4.78, 5) is 3.93. The van der Waals surface area contributed by atoms with Crippen LogP contribution >= 0.6 is 0 Å². The molecular formula is C14H18N4O. The molecule has 0 radical (unpaired) electrons. The number of para-hydroxylation sites is 1. The third kappa shape index (κ3) is 2.67. The maximum Gasteiger partial charge on any atom is 0.0971 e. The minimum Gasteiger partial charge on any atom is -0.395 e. The zero-order valence-corrected chi connectivity index (χ0v) is 10.8. The molecule has 2 aromatic rings. The number of benzene rings is 1. The molecule has 0 amide bonds. The maximum absolute atomic E-state index is 9.31. The van der Waals surface area contributed by atoms with Gasteiger partial charge in [-0.1, -0.05) is 18.2 Å². The van der Waals surface area contributed by atoms with E-state index in [2.05, 4.69) is 15.1 Å². The zero-order valence-electron chi connectivity index (χ0n) is 10.8. The summed E-state index contributed by atoms with van der Waals surface area (Å²) in [6, 6.07) is 10.2. The van der Waals surface area contributed by atoms with Gasteiger partial charge >= 0.3 is 0 Å². The van der Waals surface area contributed by atoms with E-state index >= 15 is 0 Å². The smallest absolute Gasteiger partial charge is 0.0971 e.